The molecule has 0 aliphatic carbocycles. The summed E-state index contributed by atoms with van der Waals surface area (Å²) >= 11 is 0. The minimum absolute atomic E-state index is 0.165. The monoisotopic (exact) mass is 397 g/mol. The first-order valence-electron chi connectivity index (χ1n) is 8.15. The molecule has 0 bridgehead atoms. The van der Waals surface area contributed by atoms with Gasteiger partial charge in [-0.25, -0.2) is 4.79 Å². The van der Waals surface area contributed by atoms with E-state index in [1.807, 2.05) is 13.8 Å². The van der Waals surface area contributed by atoms with E-state index in [0.717, 1.165) is 7.11 Å². The Morgan fingerprint density at radius 3 is 2.21 bits per heavy atom. The quantitative estimate of drug-likeness (QED) is 0.606. The summed E-state index contributed by atoms with van der Waals surface area (Å²) in [7, 11) is 1.08. The second kappa shape index (κ2) is 8.64. The Bertz CT molecular complexity index is 848. The zero-order valence-electron chi connectivity index (χ0n) is 15.3. The van der Waals surface area contributed by atoms with Crippen LogP contribution in [0.5, 0.6) is 11.5 Å². The SMILES string of the molecule is COC(=O)C(=O)Nc1ccc(OC(C)C)c(-c2ccc(OC(F)(F)F)cc2)c1. The van der Waals surface area contributed by atoms with Crippen LogP contribution < -0.4 is 14.8 Å². The molecule has 0 radical (unpaired) electrons. The number of rotatable bonds is 5. The van der Waals surface area contributed by atoms with Crippen LogP contribution in [-0.4, -0.2) is 31.5 Å². The average Bonchev–Trinajstić information content (AvgIpc) is 2.61. The second-order valence-electron chi connectivity index (χ2n) is 5.90. The highest BCUT2D eigenvalue weighted by atomic mass is 19.4. The Morgan fingerprint density at radius 1 is 1.04 bits per heavy atom. The maximum atomic E-state index is 12.3. The molecule has 9 heteroatoms. The van der Waals surface area contributed by atoms with E-state index in [1.165, 1.54) is 36.4 Å². The van der Waals surface area contributed by atoms with Crippen LogP contribution in [0, 0.1) is 0 Å². The van der Waals surface area contributed by atoms with Crippen molar-refractivity contribution in [3.8, 4) is 22.6 Å². The number of halogens is 3. The number of hydrogen-bond donors (Lipinski definition) is 1. The van der Waals surface area contributed by atoms with Gasteiger partial charge >= 0.3 is 18.2 Å². The van der Waals surface area contributed by atoms with Crippen LogP contribution in [0.3, 0.4) is 0 Å². The first-order valence-corrected chi connectivity index (χ1v) is 8.15. The van der Waals surface area contributed by atoms with Gasteiger partial charge in [-0.15, -0.1) is 13.2 Å². The molecule has 1 amide bonds. The third kappa shape index (κ3) is 5.90. The molecule has 1 N–H and O–H groups in total. The average molecular weight is 397 g/mol. The van der Waals surface area contributed by atoms with Crippen molar-refractivity contribution < 1.29 is 37.0 Å². The van der Waals surface area contributed by atoms with Gasteiger partial charge in [0.05, 0.1) is 13.2 Å². The largest absolute Gasteiger partial charge is 0.573 e. The summed E-state index contributed by atoms with van der Waals surface area (Å²) in [5, 5.41) is 2.38. The molecule has 0 spiro atoms. The molecular formula is C19H18F3NO5. The number of carbonyl (C=O) groups is 2. The third-order valence-electron chi connectivity index (χ3n) is 3.37. The van der Waals surface area contributed by atoms with Crippen molar-refractivity contribution in [3.63, 3.8) is 0 Å². The summed E-state index contributed by atoms with van der Waals surface area (Å²) in [6.45, 7) is 3.63. The van der Waals surface area contributed by atoms with E-state index in [2.05, 4.69) is 14.8 Å². The lowest BCUT2D eigenvalue weighted by Crippen LogP contribution is -2.23. The summed E-state index contributed by atoms with van der Waals surface area (Å²) in [5.41, 5.74) is 1.33. The number of methoxy groups -OCH3 is 1. The summed E-state index contributed by atoms with van der Waals surface area (Å²) in [4.78, 5) is 23.0. The fraction of sp³-hybridized carbons (Fsp3) is 0.263. The number of benzene rings is 2. The van der Waals surface area contributed by atoms with Crippen molar-refractivity contribution in [2.75, 3.05) is 12.4 Å². The van der Waals surface area contributed by atoms with Crippen molar-refractivity contribution in [1.82, 2.24) is 0 Å². The topological polar surface area (TPSA) is 73.9 Å². The highest BCUT2D eigenvalue weighted by molar-refractivity contribution is 6.37. The molecule has 0 heterocycles. The molecule has 0 saturated heterocycles. The van der Waals surface area contributed by atoms with Gasteiger partial charge in [0, 0.05) is 11.3 Å². The molecule has 0 aliphatic heterocycles. The first kappa shape index (κ1) is 21.1. The number of carbonyl (C=O) groups excluding carboxylic acids is 2. The Labute approximate surface area is 159 Å². The van der Waals surface area contributed by atoms with Crippen LogP contribution in [0.2, 0.25) is 0 Å². The lowest BCUT2D eigenvalue weighted by Gasteiger charge is -2.16. The number of nitrogens with one attached hydrogen (secondary N) is 1. The van der Waals surface area contributed by atoms with Crippen molar-refractivity contribution in [2.45, 2.75) is 26.3 Å². The van der Waals surface area contributed by atoms with E-state index in [9.17, 15) is 22.8 Å². The molecule has 0 aromatic heterocycles. The van der Waals surface area contributed by atoms with E-state index in [0.29, 0.717) is 16.9 Å². The van der Waals surface area contributed by atoms with Crippen LogP contribution in [0.25, 0.3) is 11.1 Å². The van der Waals surface area contributed by atoms with Gasteiger partial charge in [-0.1, -0.05) is 12.1 Å². The zero-order valence-corrected chi connectivity index (χ0v) is 15.3. The molecule has 28 heavy (non-hydrogen) atoms. The Morgan fingerprint density at radius 2 is 1.68 bits per heavy atom. The number of anilines is 1. The van der Waals surface area contributed by atoms with Gasteiger partial charge in [0.15, 0.2) is 0 Å². The maximum Gasteiger partial charge on any atom is 0.573 e. The minimum atomic E-state index is -4.79. The third-order valence-corrected chi connectivity index (χ3v) is 3.37. The zero-order chi connectivity index (χ0) is 20.9. The van der Waals surface area contributed by atoms with E-state index in [-0.39, 0.29) is 17.5 Å². The van der Waals surface area contributed by atoms with Crippen LogP contribution >= 0.6 is 0 Å². The van der Waals surface area contributed by atoms with Gasteiger partial charge in [0.2, 0.25) is 0 Å². The van der Waals surface area contributed by atoms with E-state index >= 15 is 0 Å². The van der Waals surface area contributed by atoms with Gasteiger partial charge in [-0.05, 0) is 49.7 Å². The number of alkyl halides is 3. The van der Waals surface area contributed by atoms with Crippen LogP contribution in [0.1, 0.15) is 13.8 Å². The molecule has 0 saturated carbocycles. The van der Waals surface area contributed by atoms with Gasteiger partial charge in [-0.3, -0.25) is 4.79 Å². The predicted octanol–water partition coefficient (Wildman–Crippen LogP) is 4.15. The lowest BCUT2D eigenvalue weighted by atomic mass is 10.0. The van der Waals surface area contributed by atoms with E-state index in [1.54, 1.807) is 6.07 Å². The number of hydrogen-bond acceptors (Lipinski definition) is 5. The molecule has 0 aliphatic rings. The fourth-order valence-electron chi connectivity index (χ4n) is 2.30. The predicted molar refractivity (Wildman–Crippen MR) is 95.0 cm³/mol. The summed E-state index contributed by atoms with van der Waals surface area (Å²) < 4.78 is 50.9. The molecule has 2 aromatic rings. The molecule has 2 aromatic carbocycles. The maximum absolute atomic E-state index is 12.3. The molecular weight excluding hydrogens is 379 g/mol. The van der Waals surface area contributed by atoms with Crippen LogP contribution in [0.4, 0.5) is 18.9 Å². The van der Waals surface area contributed by atoms with Gasteiger partial charge < -0.3 is 19.5 Å². The molecule has 150 valence electrons. The number of amides is 1. The van der Waals surface area contributed by atoms with E-state index in [4.69, 9.17) is 4.74 Å². The first-order chi connectivity index (χ1) is 13.1. The van der Waals surface area contributed by atoms with E-state index < -0.39 is 18.2 Å². The normalized spacial score (nSPS) is 11.1. The lowest BCUT2D eigenvalue weighted by molar-refractivity contribution is -0.274. The second-order valence-corrected chi connectivity index (χ2v) is 5.90. The summed E-state index contributed by atoms with van der Waals surface area (Å²) in [6.07, 6.45) is -4.95. The molecule has 2 rings (SSSR count). The highest BCUT2D eigenvalue weighted by Gasteiger charge is 2.31. The Balaban J connectivity index is 2.37. The standard InChI is InChI=1S/C19H18F3NO5/c1-11(2)27-16-9-6-13(23-17(24)18(25)26-3)10-15(16)12-4-7-14(8-5-12)28-19(20,21)22/h4-11H,1-3H3,(H,23,24). The molecule has 6 nitrogen and oxygen atoms in total. The van der Waals surface area contributed by atoms with Gasteiger partial charge in [0.1, 0.15) is 11.5 Å². The number of ether oxygens (including phenoxy) is 3. The summed E-state index contributed by atoms with van der Waals surface area (Å²) in [5.74, 6) is -1.93. The van der Waals surface area contributed by atoms with Crippen LogP contribution in [-0.2, 0) is 14.3 Å². The number of esters is 1. The molecule has 0 atom stereocenters. The van der Waals surface area contributed by atoms with Crippen molar-refractivity contribution in [3.05, 3.63) is 42.5 Å². The van der Waals surface area contributed by atoms with Crippen molar-refractivity contribution in [2.24, 2.45) is 0 Å². The van der Waals surface area contributed by atoms with Crippen molar-refractivity contribution >= 4 is 17.6 Å². The molecule has 0 unspecified atom stereocenters. The fourth-order valence-corrected chi connectivity index (χ4v) is 2.30. The molecule has 0 fully saturated rings. The smallest absolute Gasteiger partial charge is 0.490 e. The minimum Gasteiger partial charge on any atom is -0.490 e. The Kier molecular flexibility index (Phi) is 6.50. The van der Waals surface area contributed by atoms with Crippen molar-refractivity contribution in [1.29, 1.82) is 0 Å². The van der Waals surface area contributed by atoms with Gasteiger partial charge in [-0.2, -0.15) is 0 Å². The Hall–Kier alpha value is -3.23. The van der Waals surface area contributed by atoms with Crippen LogP contribution in [0.15, 0.2) is 42.5 Å². The highest BCUT2D eigenvalue weighted by Crippen LogP contribution is 2.35. The summed E-state index contributed by atoms with van der Waals surface area (Å²) in [6, 6.07) is 9.85. The van der Waals surface area contributed by atoms with Gasteiger partial charge in [0.25, 0.3) is 0 Å².